The number of ether oxygens (including phenoxy) is 1. The molecule has 0 aliphatic rings. The molecule has 2 aromatic heterocycles. The second kappa shape index (κ2) is 8.46. The first-order valence-electron chi connectivity index (χ1n) is 8.85. The van der Waals surface area contributed by atoms with Gasteiger partial charge in [-0.2, -0.15) is 4.98 Å². The number of amides is 1. The molecular formula is C21H17ClN4O2S. The predicted octanol–water partition coefficient (Wildman–Crippen LogP) is 4.98. The highest BCUT2D eigenvalue weighted by Crippen LogP contribution is 2.19. The van der Waals surface area contributed by atoms with Crippen molar-refractivity contribution in [1.82, 2.24) is 14.6 Å². The van der Waals surface area contributed by atoms with E-state index in [2.05, 4.69) is 15.4 Å². The van der Waals surface area contributed by atoms with E-state index in [1.165, 1.54) is 17.4 Å². The highest BCUT2D eigenvalue weighted by atomic mass is 35.5. The largest absolute Gasteiger partial charge is 0.489 e. The summed E-state index contributed by atoms with van der Waals surface area (Å²) in [7, 11) is 0. The van der Waals surface area contributed by atoms with Gasteiger partial charge in [0.05, 0.1) is 5.69 Å². The van der Waals surface area contributed by atoms with Crippen molar-refractivity contribution >= 4 is 45.8 Å². The van der Waals surface area contributed by atoms with Crippen molar-refractivity contribution in [2.45, 2.75) is 13.5 Å². The molecule has 4 aromatic rings. The zero-order valence-corrected chi connectivity index (χ0v) is 17.1. The first-order chi connectivity index (χ1) is 14.1. The van der Waals surface area contributed by atoms with Crippen LogP contribution in [0.4, 0.5) is 5.95 Å². The fourth-order valence-corrected chi connectivity index (χ4v) is 3.61. The van der Waals surface area contributed by atoms with E-state index in [-0.39, 0.29) is 11.9 Å². The number of nitrogens with zero attached hydrogens (tertiary/aromatic N) is 3. The first kappa shape index (κ1) is 19.2. The molecule has 6 nitrogen and oxygen atoms in total. The summed E-state index contributed by atoms with van der Waals surface area (Å²) in [6.45, 7) is 2.33. The lowest BCUT2D eigenvalue weighted by molar-refractivity contribution is -0.111. The van der Waals surface area contributed by atoms with Crippen LogP contribution in [0, 0.1) is 6.92 Å². The molecule has 2 heterocycles. The Balaban J connectivity index is 1.33. The maximum atomic E-state index is 12.1. The van der Waals surface area contributed by atoms with Gasteiger partial charge in [-0.05, 0) is 36.8 Å². The fraction of sp³-hybridized carbons (Fsp3) is 0.0952. The number of hydrogen-bond donors (Lipinski definition) is 1. The number of carbonyl (C=O) groups is 1. The van der Waals surface area contributed by atoms with Gasteiger partial charge in [0.25, 0.3) is 11.9 Å². The lowest BCUT2D eigenvalue weighted by atomic mass is 10.2. The van der Waals surface area contributed by atoms with Crippen LogP contribution < -0.4 is 10.1 Å². The zero-order chi connectivity index (χ0) is 20.2. The topological polar surface area (TPSA) is 68.5 Å². The molecule has 0 aliphatic carbocycles. The van der Waals surface area contributed by atoms with Gasteiger partial charge < -0.3 is 4.74 Å². The van der Waals surface area contributed by atoms with Crippen LogP contribution in [0.5, 0.6) is 5.75 Å². The Bertz CT molecular complexity index is 1180. The Morgan fingerprint density at radius 3 is 2.79 bits per heavy atom. The van der Waals surface area contributed by atoms with Crippen molar-refractivity contribution in [2.75, 3.05) is 5.32 Å². The van der Waals surface area contributed by atoms with Crippen LogP contribution >= 0.6 is 22.9 Å². The van der Waals surface area contributed by atoms with Crippen molar-refractivity contribution < 1.29 is 9.53 Å². The molecule has 0 aliphatic heterocycles. The summed E-state index contributed by atoms with van der Waals surface area (Å²) in [6, 6.07) is 15.0. The van der Waals surface area contributed by atoms with Crippen LogP contribution in [0.25, 0.3) is 11.0 Å². The number of rotatable bonds is 6. The SMILES string of the molecule is Cc1csc2nc(NC(=O)/C=C/c3ccc(OCc4ccccc4Cl)cc3)nn12. The highest BCUT2D eigenvalue weighted by molar-refractivity contribution is 7.15. The number of fused-ring (bicyclic) bond motifs is 1. The number of carbonyl (C=O) groups excluding carboxylic acids is 1. The van der Waals surface area contributed by atoms with Crippen LogP contribution in [0.2, 0.25) is 5.02 Å². The molecule has 8 heteroatoms. The summed E-state index contributed by atoms with van der Waals surface area (Å²) >= 11 is 7.61. The van der Waals surface area contributed by atoms with E-state index in [4.69, 9.17) is 16.3 Å². The van der Waals surface area contributed by atoms with Gasteiger partial charge in [-0.15, -0.1) is 16.4 Å². The Morgan fingerprint density at radius 1 is 1.24 bits per heavy atom. The molecule has 1 amide bonds. The van der Waals surface area contributed by atoms with Gasteiger partial charge >= 0.3 is 0 Å². The van der Waals surface area contributed by atoms with Crippen molar-refractivity contribution in [2.24, 2.45) is 0 Å². The molecule has 0 saturated heterocycles. The normalized spacial score (nSPS) is 11.2. The van der Waals surface area contributed by atoms with Gasteiger partial charge in [0, 0.05) is 22.0 Å². The van der Waals surface area contributed by atoms with E-state index in [0.29, 0.717) is 11.6 Å². The molecule has 1 N–H and O–H groups in total. The first-order valence-corrected chi connectivity index (χ1v) is 10.1. The van der Waals surface area contributed by atoms with Gasteiger partial charge in [-0.1, -0.05) is 41.9 Å². The van der Waals surface area contributed by atoms with Gasteiger partial charge in [0.15, 0.2) is 0 Å². The number of aryl methyl sites for hydroxylation is 1. The Hall–Kier alpha value is -3.16. The average Bonchev–Trinajstić information content (AvgIpc) is 3.28. The standard InChI is InChI=1S/C21H17ClN4O2S/c1-14-13-29-21-24-20(25-26(14)21)23-19(27)11-8-15-6-9-17(10-7-15)28-12-16-4-2-3-5-18(16)22/h2-11,13H,12H2,1H3,(H,23,25,27)/b11-8+. The van der Waals surface area contributed by atoms with Crippen molar-refractivity contribution in [1.29, 1.82) is 0 Å². The summed E-state index contributed by atoms with van der Waals surface area (Å²) in [5.41, 5.74) is 2.78. The maximum absolute atomic E-state index is 12.1. The summed E-state index contributed by atoms with van der Waals surface area (Å²) in [4.78, 5) is 17.1. The van der Waals surface area contributed by atoms with E-state index in [1.54, 1.807) is 10.6 Å². The van der Waals surface area contributed by atoms with E-state index in [1.807, 2.05) is 60.8 Å². The minimum Gasteiger partial charge on any atom is -0.489 e. The lowest BCUT2D eigenvalue weighted by Crippen LogP contribution is -2.09. The molecule has 0 fully saturated rings. The number of hydrogen-bond acceptors (Lipinski definition) is 5. The molecule has 0 atom stereocenters. The fourth-order valence-electron chi connectivity index (χ4n) is 2.62. The number of halogens is 1. The third kappa shape index (κ3) is 4.64. The molecule has 0 unspecified atom stereocenters. The molecule has 2 aromatic carbocycles. The highest BCUT2D eigenvalue weighted by Gasteiger charge is 2.08. The summed E-state index contributed by atoms with van der Waals surface area (Å²) < 4.78 is 7.46. The Labute approximate surface area is 176 Å². The van der Waals surface area contributed by atoms with E-state index < -0.39 is 0 Å². The molecule has 0 radical (unpaired) electrons. The van der Waals surface area contributed by atoms with E-state index in [9.17, 15) is 4.79 Å². The molecule has 146 valence electrons. The Kier molecular flexibility index (Phi) is 5.59. The van der Waals surface area contributed by atoms with Gasteiger partial charge in [0.1, 0.15) is 12.4 Å². The quantitative estimate of drug-likeness (QED) is 0.443. The number of anilines is 1. The van der Waals surface area contributed by atoms with E-state index in [0.717, 1.165) is 27.5 Å². The molecule has 4 rings (SSSR count). The zero-order valence-electron chi connectivity index (χ0n) is 15.5. The summed E-state index contributed by atoms with van der Waals surface area (Å²) in [5, 5.41) is 9.57. The molecule has 0 spiro atoms. The Morgan fingerprint density at radius 2 is 2.03 bits per heavy atom. The maximum Gasteiger partial charge on any atom is 0.250 e. The second-order valence-corrected chi connectivity index (χ2v) is 7.52. The monoisotopic (exact) mass is 424 g/mol. The van der Waals surface area contributed by atoms with Crippen LogP contribution in [-0.4, -0.2) is 20.5 Å². The number of thiazole rings is 1. The number of nitrogens with one attached hydrogen (secondary N) is 1. The van der Waals surface area contributed by atoms with Crippen molar-refractivity contribution in [3.63, 3.8) is 0 Å². The molecular weight excluding hydrogens is 408 g/mol. The van der Waals surface area contributed by atoms with Gasteiger partial charge in [0.2, 0.25) is 4.96 Å². The number of aromatic nitrogens is 3. The summed E-state index contributed by atoms with van der Waals surface area (Å²) in [5.74, 6) is 0.724. The van der Waals surface area contributed by atoms with Crippen LogP contribution in [-0.2, 0) is 11.4 Å². The van der Waals surface area contributed by atoms with Gasteiger partial charge in [-0.25, -0.2) is 4.52 Å². The minimum absolute atomic E-state index is 0.290. The van der Waals surface area contributed by atoms with Crippen molar-refractivity contribution in [3.8, 4) is 5.75 Å². The van der Waals surface area contributed by atoms with Gasteiger partial charge in [-0.3, -0.25) is 10.1 Å². The third-order valence-electron chi connectivity index (χ3n) is 4.14. The minimum atomic E-state index is -0.292. The molecule has 0 saturated carbocycles. The van der Waals surface area contributed by atoms with E-state index >= 15 is 0 Å². The smallest absolute Gasteiger partial charge is 0.250 e. The second-order valence-electron chi connectivity index (χ2n) is 6.28. The van der Waals surface area contributed by atoms with Crippen LogP contribution in [0.15, 0.2) is 60.0 Å². The van der Waals surface area contributed by atoms with Crippen LogP contribution in [0.3, 0.4) is 0 Å². The predicted molar refractivity (Wildman–Crippen MR) is 115 cm³/mol. The number of benzene rings is 2. The summed E-state index contributed by atoms with van der Waals surface area (Å²) in [6.07, 6.45) is 3.17. The van der Waals surface area contributed by atoms with Crippen molar-refractivity contribution in [3.05, 3.63) is 81.8 Å². The molecule has 0 bridgehead atoms. The molecule has 29 heavy (non-hydrogen) atoms. The lowest BCUT2D eigenvalue weighted by Gasteiger charge is -2.07. The average molecular weight is 425 g/mol. The van der Waals surface area contributed by atoms with Crippen LogP contribution in [0.1, 0.15) is 16.8 Å². The third-order valence-corrected chi connectivity index (χ3v) is 5.44.